The first-order valence-corrected chi connectivity index (χ1v) is 10.4. The van der Waals surface area contributed by atoms with Crippen LogP contribution in [0.4, 0.5) is 0 Å². The maximum Gasteiger partial charge on any atom is 0.339 e. The summed E-state index contributed by atoms with van der Waals surface area (Å²) in [7, 11) is 0. The number of nitrogens with zero attached hydrogens (tertiary/aromatic N) is 1. The van der Waals surface area contributed by atoms with Crippen LogP contribution in [0.3, 0.4) is 0 Å². The maximum atomic E-state index is 12.5. The maximum absolute atomic E-state index is 12.5. The Balaban J connectivity index is 0.000000188. The van der Waals surface area contributed by atoms with E-state index in [9.17, 15) is 14.4 Å². The molecule has 0 fully saturated rings. The molecular weight excluding hydrogens is 452 g/mol. The van der Waals surface area contributed by atoms with Crippen molar-refractivity contribution in [2.24, 2.45) is 0 Å². The summed E-state index contributed by atoms with van der Waals surface area (Å²) in [5, 5.41) is 26.1. The van der Waals surface area contributed by atoms with Crippen LogP contribution in [0, 0.1) is 0 Å². The first kappa shape index (κ1) is 24.7. The normalized spacial score (nSPS) is 11.1. The number of hydrogen-bond donors (Lipinski definition) is 4. The Morgan fingerprint density at radius 3 is 2.31 bits per heavy atom. The number of para-hydroxylation sites is 1. The molecule has 2 heterocycles. The van der Waals surface area contributed by atoms with E-state index < -0.39 is 11.9 Å². The standard InChI is InChI=1S/C16H12O4.C7H6O3.C3H4N2/c17-15(18)8-10-5-6-14-13(7-10)16(19)12-4-2-1-3-11(12)9-20-14;8-6-4-2-1-3-5(6)7(9)10;1-2-5-3-4-1/h1-7H,8-9H2,(H,17,18);1-4,8H,(H,9,10);1-3H,(H,4,5). The second-order valence-corrected chi connectivity index (χ2v) is 7.26. The highest BCUT2D eigenvalue weighted by Crippen LogP contribution is 2.29. The van der Waals surface area contributed by atoms with E-state index in [1.54, 1.807) is 55.1 Å². The zero-order valence-corrected chi connectivity index (χ0v) is 18.4. The van der Waals surface area contributed by atoms with E-state index in [1.807, 2.05) is 18.2 Å². The van der Waals surface area contributed by atoms with Crippen molar-refractivity contribution < 1.29 is 34.4 Å². The lowest BCUT2D eigenvalue weighted by atomic mass is 9.97. The van der Waals surface area contributed by atoms with E-state index in [0.29, 0.717) is 29.0 Å². The Labute approximate surface area is 200 Å². The fraction of sp³-hybridized carbons (Fsp3) is 0.0769. The zero-order chi connectivity index (χ0) is 25.2. The number of rotatable bonds is 3. The fourth-order valence-electron chi connectivity index (χ4n) is 3.20. The molecule has 9 heteroatoms. The molecule has 0 radical (unpaired) electrons. The van der Waals surface area contributed by atoms with Crippen molar-refractivity contribution in [2.75, 3.05) is 0 Å². The number of carboxylic acids is 2. The largest absolute Gasteiger partial charge is 0.507 e. The minimum Gasteiger partial charge on any atom is -0.507 e. The van der Waals surface area contributed by atoms with Crippen molar-refractivity contribution in [2.45, 2.75) is 13.0 Å². The number of fused-ring (bicyclic) bond motifs is 2. The summed E-state index contributed by atoms with van der Waals surface area (Å²) in [5.41, 5.74) is 2.40. The summed E-state index contributed by atoms with van der Waals surface area (Å²) in [4.78, 5) is 40.0. The Morgan fingerprint density at radius 2 is 1.71 bits per heavy atom. The first-order chi connectivity index (χ1) is 16.9. The van der Waals surface area contributed by atoms with Crippen LogP contribution in [0.2, 0.25) is 0 Å². The van der Waals surface area contributed by atoms with Crippen LogP contribution in [0.5, 0.6) is 11.5 Å². The zero-order valence-electron chi connectivity index (χ0n) is 18.4. The van der Waals surface area contributed by atoms with Crippen LogP contribution in [0.1, 0.15) is 37.4 Å². The molecule has 0 aliphatic carbocycles. The van der Waals surface area contributed by atoms with Crippen LogP contribution in [0.15, 0.2) is 85.5 Å². The van der Waals surface area contributed by atoms with Gasteiger partial charge in [-0.1, -0.05) is 42.5 Å². The highest BCUT2D eigenvalue weighted by atomic mass is 16.5. The molecular formula is C26H22N2O7. The molecule has 0 amide bonds. The van der Waals surface area contributed by atoms with Gasteiger partial charge in [0, 0.05) is 23.5 Å². The lowest BCUT2D eigenvalue weighted by Crippen LogP contribution is -2.05. The van der Waals surface area contributed by atoms with Gasteiger partial charge in [-0.2, -0.15) is 0 Å². The van der Waals surface area contributed by atoms with Crippen molar-refractivity contribution in [3.63, 3.8) is 0 Å². The third-order valence-corrected chi connectivity index (χ3v) is 4.83. The van der Waals surface area contributed by atoms with E-state index in [0.717, 1.165) is 5.56 Å². The SMILES string of the molecule is O=C(O)Cc1ccc2c(c1)C(=O)c1ccccc1CO2.O=C(O)c1ccccc1O.c1c[nH]cn1. The van der Waals surface area contributed by atoms with E-state index in [-0.39, 0.29) is 23.5 Å². The van der Waals surface area contributed by atoms with Crippen LogP contribution in [-0.4, -0.2) is 43.0 Å². The number of aliphatic carboxylic acids is 1. The van der Waals surface area contributed by atoms with Crippen LogP contribution in [-0.2, 0) is 17.8 Å². The Kier molecular flexibility index (Phi) is 8.33. The molecule has 1 aliphatic heterocycles. The molecule has 0 bridgehead atoms. The van der Waals surface area contributed by atoms with Gasteiger partial charge in [0.1, 0.15) is 23.7 Å². The molecule has 3 aromatic carbocycles. The molecule has 4 aromatic rings. The van der Waals surface area contributed by atoms with Gasteiger partial charge in [0.25, 0.3) is 0 Å². The average Bonchev–Trinajstić information content (AvgIpc) is 3.40. The highest BCUT2D eigenvalue weighted by molar-refractivity contribution is 6.12. The number of ether oxygens (including phenoxy) is 1. The number of aromatic hydroxyl groups is 1. The minimum absolute atomic E-state index is 0.0671. The number of carbonyl (C=O) groups excluding carboxylic acids is 1. The van der Waals surface area contributed by atoms with E-state index in [2.05, 4.69) is 9.97 Å². The van der Waals surface area contributed by atoms with Gasteiger partial charge >= 0.3 is 11.9 Å². The predicted molar refractivity (Wildman–Crippen MR) is 126 cm³/mol. The number of aromatic nitrogens is 2. The van der Waals surface area contributed by atoms with Crippen LogP contribution in [0.25, 0.3) is 0 Å². The first-order valence-electron chi connectivity index (χ1n) is 10.4. The van der Waals surface area contributed by atoms with Crippen LogP contribution >= 0.6 is 0 Å². The van der Waals surface area contributed by atoms with E-state index >= 15 is 0 Å². The highest BCUT2D eigenvalue weighted by Gasteiger charge is 2.22. The number of aromatic carboxylic acids is 1. The van der Waals surface area contributed by atoms with Crippen molar-refractivity contribution in [1.82, 2.24) is 9.97 Å². The molecule has 4 N–H and O–H groups in total. The Morgan fingerprint density at radius 1 is 0.971 bits per heavy atom. The van der Waals surface area contributed by atoms with Crippen molar-refractivity contribution in [3.05, 3.63) is 113 Å². The molecule has 1 aliphatic rings. The smallest absolute Gasteiger partial charge is 0.339 e. The van der Waals surface area contributed by atoms with Crippen molar-refractivity contribution in [1.29, 1.82) is 0 Å². The second-order valence-electron chi connectivity index (χ2n) is 7.26. The Hall–Kier alpha value is -4.92. The molecule has 9 nitrogen and oxygen atoms in total. The number of carbonyl (C=O) groups is 3. The lowest BCUT2D eigenvalue weighted by molar-refractivity contribution is -0.136. The number of carboxylic acid groups (broad SMARTS) is 2. The van der Waals surface area contributed by atoms with Gasteiger partial charge in [-0.3, -0.25) is 9.59 Å². The van der Waals surface area contributed by atoms with E-state index in [1.165, 1.54) is 12.1 Å². The third kappa shape index (κ3) is 6.78. The Bertz CT molecular complexity index is 1300. The number of aromatic amines is 1. The van der Waals surface area contributed by atoms with Crippen molar-refractivity contribution >= 4 is 17.7 Å². The predicted octanol–water partition coefficient (Wildman–Crippen LogP) is 3.94. The number of nitrogens with one attached hydrogen (secondary N) is 1. The van der Waals surface area contributed by atoms with Crippen molar-refractivity contribution in [3.8, 4) is 11.5 Å². The molecule has 178 valence electrons. The summed E-state index contributed by atoms with van der Waals surface area (Å²) in [6.45, 7) is 0.340. The molecule has 0 saturated heterocycles. The third-order valence-electron chi connectivity index (χ3n) is 4.83. The lowest BCUT2D eigenvalue weighted by Gasteiger charge is -2.07. The molecule has 0 atom stereocenters. The monoisotopic (exact) mass is 474 g/mol. The minimum atomic E-state index is -1.11. The molecule has 1 aromatic heterocycles. The van der Waals surface area contributed by atoms with Gasteiger partial charge in [0.2, 0.25) is 0 Å². The fourth-order valence-corrected chi connectivity index (χ4v) is 3.20. The quantitative estimate of drug-likeness (QED) is 0.349. The average molecular weight is 474 g/mol. The summed E-state index contributed by atoms with van der Waals surface area (Å²) in [6, 6.07) is 18.1. The van der Waals surface area contributed by atoms with Gasteiger partial charge in [0.05, 0.1) is 18.3 Å². The van der Waals surface area contributed by atoms with Gasteiger partial charge in [-0.25, -0.2) is 9.78 Å². The summed E-state index contributed by atoms with van der Waals surface area (Å²) in [6.07, 6.45) is 4.97. The molecule has 0 saturated carbocycles. The van der Waals surface area contributed by atoms with Gasteiger partial charge in [0.15, 0.2) is 5.78 Å². The second kappa shape index (κ2) is 11.8. The number of phenols is 1. The topological polar surface area (TPSA) is 150 Å². The number of imidazole rings is 1. The molecule has 0 unspecified atom stereocenters. The number of benzene rings is 3. The number of H-pyrrole nitrogens is 1. The van der Waals surface area contributed by atoms with Gasteiger partial charge in [-0.15, -0.1) is 0 Å². The van der Waals surface area contributed by atoms with Gasteiger partial charge < -0.3 is 25.0 Å². The molecule has 5 rings (SSSR count). The van der Waals surface area contributed by atoms with Gasteiger partial charge in [-0.05, 0) is 29.8 Å². The van der Waals surface area contributed by atoms with E-state index in [4.69, 9.17) is 20.1 Å². The number of ketones is 1. The summed E-state index contributed by atoms with van der Waals surface area (Å²) >= 11 is 0. The molecule has 0 spiro atoms. The van der Waals surface area contributed by atoms with Crippen LogP contribution < -0.4 is 4.74 Å². The number of hydrogen-bond acceptors (Lipinski definition) is 6. The molecule has 35 heavy (non-hydrogen) atoms. The summed E-state index contributed by atoms with van der Waals surface area (Å²) in [5.74, 6) is -1.86. The summed E-state index contributed by atoms with van der Waals surface area (Å²) < 4.78 is 5.64.